The molecule has 2 atom stereocenters. The molecule has 0 radical (unpaired) electrons. The molecule has 5 heteroatoms. The Morgan fingerprint density at radius 1 is 1.23 bits per heavy atom. The lowest BCUT2D eigenvalue weighted by molar-refractivity contribution is -0.155. The zero-order chi connectivity index (χ0) is 22.2. The van der Waals surface area contributed by atoms with Crippen LogP contribution in [0.3, 0.4) is 0 Å². The fourth-order valence-corrected chi connectivity index (χ4v) is 5.13. The van der Waals surface area contributed by atoms with E-state index >= 15 is 0 Å². The van der Waals surface area contributed by atoms with Crippen molar-refractivity contribution in [2.24, 2.45) is 17.3 Å². The first-order chi connectivity index (χ1) is 14.8. The highest BCUT2D eigenvalue weighted by molar-refractivity contribution is 5.90. The van der Waals surface area contributed by atoms with Crippen molar-refractivity contribution in [2.75, 3.05) is 0 Å². The second-order valence-electron chi connectivity index (χ2n) is 9.99. The summed E-state index contributed by atoms with van der Waals surface area (Å²) in [5, 5.41) is 24.7. The highest BCUT2D eigenvalue weighted by Crippen LogP contribution is 2.46. The summed E-state index contributed by atoms with van der Waals surface area (Å²) in [7, 11) is 0. The molecule has 0 amide bonds. The number of carboxylic acids is 1. The van der Waals surface area contributed by atoms with Crippen molar-refractivity contribution in [1.82, 2.24) is 5.32 Å². The van der Waals surface area contributed by atoms with Gasteiger partial charge in [0.25, 0.3) is 0 Å². The Bertz CT molecular complexity index is 1020. The molecule has 2 aromatic carbocycles. The summed E-state index contributed by atoms with van der Waals surface area (Å²) in [6.07, 6.45) is 5.28. The van der Waals surface area contributed by atoms with Crippen LogP contribution in [0, 0.1) is 28.6 Å². The molecule has 164 valence electrons. The molecule has 0 bridgehead atoms. The van der Waals surface area contributed by atoms with E-state index in [0.29, 0.717) is 24.3 Å². The molecule has 0 saturated heterocycles. The van der Waals surface area contributed by atoms with Crippen molar-refractivity contribution in [3.8, 4) is 11.8 Å². The SMILES string of the molecule is CC1CCC(Oc2ccc3ccc(CN[C@@H]4C[C@H](C(=O)O)C4(C)C)cc3c2C#N)CC1. The minimum Gasteiger partial charge on any atom is -0.489 e. The molecule has 2 fully saturated rings. The van der Waals surface area contributed by atoms with Crippen molar-refractivity contribution < 1.29 is 14.6 Å². The van der Waals surface area contributed by atoms with Crippen molar-refractivity contribution >= 4 is 16.7 Å². The zero-order valence-corrected chi connectivity index (χ0v) is 18.6. The number of carboxylic acid groups (broad SMARTS) is 1. The summed E-state index contributed by atoms with van der Waals surface area (Å²) >= 11 is 0. The Morgan fingerprint density at radius 2 is 1.94 bits per heavy atom. The number of hydrogen-bond acceptors (Lipinski definition) is 4. The Labute approximate surface area is 184 Å². The van der Waals surface area contributed by atoms with E-state index in [0.717, 1.165) is 35.1 Å². The van der Waals surface area contributed by atoms with Crippen LogP contribution in [-0.2, 0) is 11.3 Å². The Kier molecular flexibility index (Phi) is 5.94. The molecule has 2 saturated carbocycles. The molecule has 0 spiro atoms. The third kappa shape index (κ3) is 4.27. The minimum atomic E-state index is -0.715. The number of hydrogen-bond donors (Lipinski definition) is 2. The first kappa shape index (κ1) is 21.6. The van der Waals surface area contributed by atoms with Gasteiger partial charge in [0.2, 0.25) is 0 Å². The van der Waals surface area contributed by atoms with E-state index in [9.17, 15) is 15.2 Å². The molecule has 4 rings (SSSR count). The normalized spacial score (nSPS) is 27.3. The minimum absolute atomic E-state index is 0.170. The van der Waals surface area contributed by atoms with Crippen molar-refractivity contribution in [3.63, 3.8) is 0 Å². The Hall–Kier alpha value is -2.58. The third-order valence-corrected chi connectivity index (χ3v) is 7.53. The number of nitrogens with zero attached hydrogens (tertiary/aromatic N) is 1. The fourth-order valence-electron chi connectivity index (χ4n) is 5.13. The largest absolute Gasteiger partial charge is 0.489 e. The Balaban J connectivity index is 1.50. The van der Waals surface area contributed by atoms with Gasteiger partial charge in [0.05, 0.1) is 12.0 Å². The second kappa shape index (κ2) is 8.51. The summed E-state index contributed by atoms with van der Waals surface area (Å²) < 4.78 is 6.27. The number of benzene rings is 2. The van der Waals surface area contributed by atoms with E-state index < -0.39 is 5.97 Å². The zero-order valence-electron chi connectivity index (χ0n) is 18.6. The third-order valence-electron chi connectivity index (χ3n) is 7.53. The van der Waals surface area contributed by atoms with Crippen LogP contribution in [0.1, 0.15) is 64.0 Å². The lowest BCUT2D eigenvalue weighted by Gasteiger charge is -2.50. The number of rotatable bonds is 6. The van der Waals surface area contributed by atoms with Gasteiger partial charge >= 0.3 is 5.97 Å². The molecule has 0 heterocycles. The summed E-state index contributed by atoms with van der Waals surface area (Å²) in [5.74, 6) is 0.430. The lowest BCUT2D eigenvalue weighted by atomic mass is 9.58. The van der Waals surface area contributed by atoms with Crippen LogP contribution in [0.25, 0.3) is 10.8 Å². The van der Waals surface area contributed by atoms with Gasteiger partial charge in [-0.1, -0.05) is 39.0 Å². The van der Waals surface area contributed by atoms with Crippen LogP contribution >= 0.6 is 0 Å². The maximum atomic E-state index is 11.4. The molecule has 2 aliphatic carbocycles. The monoisotopic (exact) mass is 420 g/mol. The van der Waals surface area contributed by atoms with Gasteiger partial charge in [-0.2, -0.15) is 5.26 Å². The second-order valence-corrected chi connectivity index (χ2v) is 9.99. The van der Waals surface area contributed by atoms with E-state index in [-0.39, 0.29) is 23.5 Å². The number of nitriles is 1. The number of carbonyl (C=O) groups is 1. The van der Waals surface area contributed by atoms with Gasteiger partial charge < -0.3 is 15.2 Å². The molecule has 2 N–H and O–H groups in total. The van der Waals surface area contributed by atoms with Crippen LogP contribution in [0.4, 0.5) is 0 Å². The van der Waals surface area contributed by atoms with Crippen LogP contribution in [0.15, 0.2) is 30.3 Å². The van der Waals surface area contributed by atoms with Crippen LogP contribution in [-0.4, -0.2) is 23.2 Å². The number of nitrogens with one attached hydrogen (secondary N) is 1. The molecular weight excluding hydrogens is 388 g/mol. The average Bonchev–Trinajstić information content (AvgIpc) is 2.74. The average molecular weight is 421 g/mol. The van der Waals surface area contributed by atoms with Gasteiger partial charge in [-0.3, -0.25) is 4.79 Å². The van der Waals surface area contributed by atoms with E-state index in [4.69, 9.17) is 4.74 Å². The molecule has 2 aromatic rings. The molecule has 5 nitrogen and oxygen atoms in total. The summed E-state index contributed by atoms with van der Waals surface area (Å²) in [6, 6.07) is 12.7. The van der Waals surface area contributed by atoms with E-state index in [1.807, 2.05) is 32.0 Å². The van der Waals surface area contributed by atoms with E-state index in [1.54, 1.807) is 0 Å². The van der Waals surface area contributed by atoms with Crippen molar-refractivity contribution in [1.29, 1.82) is 5.26 Å². The predicted molar refractivity (Wildman–Crippen MR) is 121 cm³/mol. The van der Waals surface area contributed by atoms with Gasteiger partial charge in [-0.05, 0) is 66.5 Å². The van der Waals surface area contributed by atoms with Gasteiger partial charge in [-0.25, -0.2) is 0 Å². The van der Waals surface area contributed by atoms with Gasteiger partial charge in [0.1, 0.15) is 17.4 Å². The first-order valence-corrected chi connectivity index (χ1v) is 11.4. The molecule has 2 aliphatic rings. The number of ether oxygens (including phenoxy) is 1. The maximum absolute atomic E-state index is 11.4. The number of aliphatic carboxylic acids is 1. The van der Waals surface area contributed by atoms with E-state index in [2.05, 4.69) is 30.4 Å². The predicted octanol–water partition coefficient (Wildman–Crippen LogP) is 5.26. The highest BCUT2D eigenvalue weighted by Gasteiger charge is 2.51. The quantitative estimate of drug-likeness (QED) is 0.666. The molecule has 31 heavy (non-hydrogen) atoms. The smallest absolute Gasteiger partial charge is 0.307 e. The first-order valence-electron chi connectivity index (χ1n) is 11.4. The highest BCUT2D eigenvalue weighted by atomic mass is 16.5. The van der Waals surface area contributed by atoms with Gasteiger partial charge in [-0.15, -0.1) is 0 Å². The summed E-state index contributed by atoms with van der Waals surface area (Å²) in [5.41, 5.74) is 1.43. The maximum Gasteiger partial charge on any atom is 0.307 e. The molecule has 0 unspecified atom stereocenters. The van der Waals surface area contributed by atoms with Crippen LogP contribution in [0.2, 0.25) is 0 Å². The van der Waals surface area contributed by atoms with Gasteiger partial charge in [0.15, 0.2) is 0 Å². The Morgan fingerprint density at radius 3 is 2.58 bits per heavy atom. The van der Waals surface area contributed by atoms with Crippen LogP contribution in [0.5, 0.6) is 5.75 Å². The van der Waals surface area contributed by atoms with Crippen LogP contribution < -0.4 is 10.1 Å². The fraction of sp³-hybridized carbons (Fsp3) is 0.538. The molecule has 0 aliphatic heterocycles. The lowest BCUT2D eigenvalue weighted by Crippen LogP contribution is -2.58. The van der Waals surface area contributed by atoms with E-state index in [1.165, 1.54) is 12.8 Å². The van der Waals surface area contributed by atoms with Gasteiger partial charge in [0, 0.05) is 18.0 Å². The summed E-state index contributed by atoms with van der Waals surface area (Å²) in [4.78, 5) is 11.4. The topological polar surface area (TPSA) is 82.3 Å². The van der Waals surface area contributed by atoms with Crippen molar-refractivity contribution in [3.05, 3.63) is 41.5 Å². The number of fused-ring (bicyclic) bond motifs is 1. The standard InChI is InChI=1S/C26H32N2O3/c1-16-4-9-19(10-5-16)31-23-11-8-18-7-6-17(12-20(18)21(23)14-27)15-28-24-13-22(25(29)30)26(24,2)3/h6-8,11-12,16,19,22,24,28H,4-5,9-10,13,15H2,1-3H3,(H,29,30)/t16?,19?,22-,24-/m1/s1. The molecular formula is C26H32N2O3. The molecule has 0 aromatic heterocycles. The van der Waals surface area contributed by atoms with Crippen molar-refractivity contribution in [2.45, 2.75) is 71.6 Å². The summed E-state index contributed by atoms with van der Waals surface area (Å²) in [6.45, 7) is 6.95.